The number of rotatable bonds is 5. The maximum absolute atomic E-state index is 5.98. The van der Waals surface area contributed by atoms with Gasteiger partial charge in [0.25, 0.3) is 0 Å². The van der Waals surface area contributed by atoms with Crippen LogP contribution in [0.4, 0.5) is 0 Å². The number of nitrogens with two attached hydrogens (primary N) is 1. The van der Waals surface area contributed by atoms with Gasteiger partial charge < -0.3 is 15.2 Å². The molecule has 1 atom stereocenters. The molecule has 106 valence electrons. The van der Waals surface area contributed by atoms with Crippen molar-refractivity contribution in [1.82, 2.24) is 0 Å². The molecule has 20 heavy (non-hydrogen) atoms. The third-order valence-corrected chi connectivity index (χ3v) is 3.49. The van der Waals surface area contributed by atoms with Crippen LogP contribution in [-0.4, -0.2) is 20.8 Å². The van der Waals surface area contributed by atoms with Crippen LogP contribution in [0.3, 0.4) is 0 Å². The molecule has 0 spiro atoms. The van der Waals surface area contributed by atoms with Crippen molar-refractivity contribution in [3.63, 3.8) is 0 Å². The number of benzene rings is 2. The molecule has 2 rings (SSSR count). The fourth-order valence-corrected chi connectivity index (χ4v) is 2.29. The molecule has 0 aliphatic heterocycles. The van der Waals surface area contributed by atoms with Crippen molar-refractivity contribution >= 4 is 0 Å². The maximum Gasteiger partial charge on any atom is 0.122 e. The SMILES string of the molecule is COc1cc(OC)cc(C(CN)c2ccc(C)cc2)c1. The minimum absolute atomic E-state index is 0.139. The summed E-state index contributed by atoms with van der Waals surface area (Å²) in [5, 5.41) is 0. The van der Waals surface area contributed by atoms with Crippen LogP contribution in [-0.2, 0) is 0 Å². The van der Waals surface area contributed by atoms with Crippen LogP contribution in [0.2, 0.25) is 0 Å². The number of aryl methyl sites for hydroxylation is 1. The first-order valence-corrected chi connectivity index (χ1v) is 6.67. The Bertz CT molecular complexity index is 541. The van der Waals surface area contributed by atoms with Gasteiger partial charge in [0.05, 0.1) is 14.2 Å². The van der Waals surface area contributed by atoms with Gasteiger partial charge >= 0.3 is 0 Å². The molecular formula is C17H21NO2. The lowest BCUT2D eigenvalue weighted by molar-refractivity contribution is 0.393. The number of hydrogen-bond donors (Lipinski definition) is 1. The average molecular weight is 271 g/mol. The van der Waals surface area contributed by atoms with Crippen LogP contribution >= 0.6 is 0 Å². The summed E-state index contributed by atoms with van der Waals surface area (Å²) >= 11 is 0. The first-order valence-electron chi connectivity index (χ1n) is 6.67. The molecule has 0 heterocycles. The third kappa shape index (κ3) is 3.11. The first-order chi connectivity index (χ1) is 9.67. The summed E-state index contributed by atoms with van der Waals surface area (Å²) in [5.41, 5.74) is 9.53. The zero-order chi connectivity index (χ0) is 14.5. The van der Waals surface area contributed by atoms with Crippen LogP contribution in [0.25, 0.3) is 0 Å². The molecule has 0 aliphatic carbocycles. The van der Waals surface area contributed by atoms with E-state index in [1.54, 1.807) is 14.2 Å². The largest absolute Gasteiger partial charge is 0.497 e. The van der Waals surface area contributed by atoms with Crippen molar-refractivity contribution < 1.29 is 9.47 Å². The Kier molecular flexibility index (Phi) is 4.64. The summed E-state index contributed by atoms with van der Waals surface area (Å²) in [6.45, 7) is 2.62. The third-order valence-electron chi connectivity index (χ3n) is 3.49. The lowest BCUT2D eigenvalue weighted by Gasteiger charge is -2.18. The standard InChI is InChI=1S/C17H21NO2/c1-12-4-6-13(7-5-12)17(11-18)14-8-15(19-2)10-16(9-14)20-3/h4-10,17H,11,18H2,1-3H3. The van der Waals surface area contributed by atoms with Crippen molar-refractivity contribution in [2.45, 2.75) is 12.8 Å². The second-order valence-corrected chi connectivity index (χ2v) is 4.84. The molecule has 0 radical (unpaired) electrons. The molecule has 0 aromatic heterocycles. The van der Waals surface area contributed by atoms with E-state index in [-0.39, 0.29) is 5.92 Å². The van der Waals surface area contributed by atoms with E-state index in [1.165, 1.54) is 11.1 Å². The number of ether oxygens (including phenoxy) is 2. The Balaban J connectivity index is 2.42. The summed E-state index contributed by atoms with van der Waals surface area (Å²) in [5.74, 6) is 1.70. The van der Waals surface area contributed by atoms with Gasteiger partial charge in [-0.2, -0.15) is 0 Å². The molecule has 2 N–H and O–H groups in total. The van der Waals surface area contributed by atoms with Crippen molar-refractivity contribution in [2.24, 2.45) is 5.73 Å². The van der Waals surface area contributed by atoms with Gasteiger partial charge in [-0.15, -0.1) is 0 Å². The minimum Gasteiger partial charge on any atom is -0.497 e. The van der Waals surface area contributed by atoms with Gasteiger partial charge in [-0.05, 0) is 30.2 Å². The molecule has 0 saturated carbocycles. The van der Waals surface area contributed by atoms with Gasteiger partial charge in [-0.1, -0.05) is 29.8 Å². The van der Waals surface area contributed by atoms with Gasteiger partial charge in [0.1, 0.15) is 11.5 Å². The van der Waals surface area contributed by atoms with E-state index in [4.69, 9.17) is 15.2 Å². The van der Waals surface area contributed by atoms with Gasteiger partial charge in [0, 0.05) is 18.5 Å². The quantitative estimate of drug-likeness (QED) is 0.908. The Morgan fingerprint density at radius 3 is 1.90 bits per heavy atom. The van der Waals surface area contributed by atoms with Gasteiger partial charge in [0.2, 0.25) is 0 Å². The van der Waals surface area contributed by atoms with Crippen molar-refractivity contribution in [3.8, 4) is 11.5 Å². The van der Waals surface area contributed by atoms with Gasteiger partial charge in [0.15, 0.2) is 0 Å². The monoisotopic (exact) mass is 271 g/mol. The average Bonchev–Trinajstić information content (AvgIpc) is 2.49. The molecule has 1 unspecified atom stereocenters. The highest BCUT2D eigenvalue weighted by molar-refractivity contribution is 5.44. The second kappa shape index (κ2) is 6.44. The van der Waals surface area contributed by atoms with Crippen LogP contribution < -0.4 is 15.2 Å². The Morgan fingerprint density at radius 1 is 0.900 bits per heavy atom. The van der Waals surface area contributed by atoms with E-state index in [0.717, 1.165) is 17.1 Å². The summed E-state index contributed by atoms with van der Waals surface area (Å²) in [6.07, 6.45) is 0. The van der Waals surface area contributed by atoms with E-state index >= 15 is 0 Å². The smallest absolute Gasteiger partial charge is 0.122 e. The normalized spacial score (nSPS) is 12.0. The van der Waals surface area contributed by atoms with Crippen LogP contribution in [0.1, 0.15) is 22.6 Å². The molecule has 0 amide bonds. The highest BCUT2D eigenvalue weighted by atomic mass is 16.5. The summed E-state index contributed by atoms with van der Waals surface area (Å²) in [6, 6.07) is 14.4. The minimum atomic E-state index is 0.139. The van der Waals surface area contributed by atoms with Crippen molar-refractivity contribution in [1.29, 1.82) is 0 Å². The van der Waals surface area contributed by atoms with Gasteiger partial charge in [-0.3, -0.25) is 0 Å². The van der Waals surface area contributed by atoms with E-state index < -0.39 is 0 Å². The van der Waals surface area contributed by atoms with Crippen LogP contribution in [0.5, 0.6) is 11.5 Å². The molecule has 0 saturated heterocycles. The lowest BCUT2D eigenvalue weighted by Crippen LogP contribution is -2.14. The van der Waals surface area contributed by atoms with E-state index in [1.807, 2.05) is 18.2 Å². The highest BCUT2D eigenvalue weighted by Gasteiger charge is 2.14. The molecule has 2 aromatic carbocycles. The van der Waals surface area contributed by atoms with Crippen molar-refractivity contribution in [3.05, 3.63) is 59.2 Å². The molecular weight excluding hydrogens is 250 g/mol. The molecule has 0 fully saturated rings. The highest BCUT2D eigenvalue weighted by Crippen LogP contribution is 2.31. The first kappa shape index (κ1) is 14.4. The van der Waals surface area contributed by atoms with Crippen molar-refractivity contribution in [2.75, 3.05) is 20.8 Å². The van der Waals surface area contributed by atoms with Gasteiger partial charge in [-0.25, -0.2) is 0 Å². The number of methoxy groups -OCH3 is 2. The zero-order valence-corrected chi connectivity index (χ0v) is 12.2. The fourth-order valence-electron chi connectivity index (χ4n) is 2.29. The van der Waals surface area contributed by atoms with Crippen LogP contribution in [0, 0.1) is 6.92 Å². The topological polar surface area (TPSA) is 44.5 Å². The summed E-state index contributed by atoms with van der Waals surface area (Å²) in [7, 11) is 3.31. The zero-order valence-electron chi connectivity index (χ0n) is 12.2. The van der Waals surface area contributed by atoms with Crippen LogP contribution in [0.15, 0.2) is 42.5 Å². The molecule has 3 nitrogen and oxygen atoms in total. The molecule has 2 aromatic rings. The van der Waals surface area contributed by atoms with E-state index in [9.17, 15) is 0 Å². The van der Waals surface area contributed by atoms with E-state index in [0.29, 0.717) is 6.54 Å². The molecule has 3 heteroatoms. The number of hydrogen-bond acceptors (Lipinski definition) is 3. The Hall–Kier alpha value is -2.00. The summed E-state index contributed by atoms with van der Waals surface area (Å²) in [4.78, 5) is 0. The Morgan fingerprint density at radius 2 is 1.45 bits per heavy atom. The predicted octanol–water partition coefficient (Wildman–Crippen LogP) is 3.10. The maximum atomic E-state index is 5.98. The summed E-state index contributed by atoms with van der Waals surface area (Å²) < 4.78 is 10.7. The lowest BCUT2D eigenvalue weighted by atomic mass is 9.90. The fraction of sp³-hybridized carbons (Fsp3) is 0.294. The Labute approximate surface area is 120 Å². The second-order valence-electron chi connectivity index (χ2n) is 4.84. The molecule has 0 bridgehead atoms. The predicted molar refractivity (Wildman–Crippen MR) is 81.6 cm³/mol. The van der Waals surface area contributed by atoms with E-state index in [2.05, 4.69) is 31.2 Å². The molecule has 0 aliphatic rings.